The summed E-state index contributed by atoms with van der Waals surface area (Å²) >= 11 is 0. The van der Waals surface area contributed by atoms with E-state index in [1.54, 1.807) is 4.31 Å². The first-order valence-electron chi connectivity index (χ1n) is 9.14. The lowest BCUT2D eigenvalue weighted by Gasteiger charge is -2.51. The quantitative estimate of drug-likeness (QED) is 0.723. The van der Waals surface area contributed by atoms with E-state index in [2.05, 4.69) is 17.0 Å². The summed E-state index contributed by atoms with van der Waals surface area (Å²) in [5.41, 5.74) is 2.62. The van der Waals surface area contributed by atoms with Crippen molar-refractivity contribution in [3.8, 4) is 11.5 Å². The fourth-order valence-corrected chi connectivity index (χ4v) is 6.42. The van der Waals surface area contributed by atoms with Crippen LogP contribution < -0.4 is 9.47 Å². The lowest BCUT2D eigenvalue weighted by molar-refractivity contribution is 0.0222. The minimum absolute atomic E-state index is 0. The zero-order chi connectivity index (χ0) is 17.2. The van der Waals surface area contributed by atoms with E-state index in [1.165, 1.54) is 17.4 Å². The van der Waals surface area contributed by atoms with E-state index in [9.17, 15) is 8.42 Å². The van der Waals surface area contributed by atoms with Crippen LogP contribution >= 0.6 is 12.4 Å². The highest BCUT2D eigenvalue weighted by Gasteiger charge is 2.45. The van der Waals surface area contributed by atoms with E-state index in [0.717, 1.165) is 50.3 Å². The molecule has 0 radical (unpaired) electrons. The average molecular weight is 401 g/mol. The Bertz CT molecular complexity index is 816. The van der Waals surface area contributed by atoms with E-state index in [4.69, 9.17) is 9.47 Å². The Morgan fingerprint density at radius 1 is 1.15 bits per heavy atom. The summed E-state index contributed by atoms with van der Waals surface area (Å²) in [6.07, 6.45) is 5.37. The van der Waals surface area contributed by atoms with E-state index >= 15 is 0 Å². The van der Waals surface area contributed by atoms with Gasteiger partial charge in [0.1, 0.15) is 0 Å². The van der Waals surface area contributed by atoms with Gasteiger partial charge in [0.2, 0.25) is 16.8 Å². The van der Waals surface area contributed by atoms with Crippen LogP contribution in [-0.2, 0) is 16.4 Å². The van der Waals surface area contributed by atoms with Crippen molar-refractivity contribution in [2.45, 2.75) is 37.8 Å². The third-order valence-electron chi connectivity index (χ3n) is 6.33. The number of piperidine rings is 2. The van der Waals surface area contributed by atoms with Crippen molar-refractivity contribution < 1.29 is 17.9 Å². The molecule has 26 heavy (non-hydrogen) atoms. The molecular formula is C18H25ClN2O4S. The highest BCUT2D eigenvalue weighted by atomic mass is 35.5. The van der Waals surface area contributed by atoms with Crippen molar-refractivity contribution in [2.75, 3.05) is 32.7 Å². The van der Waals surface area contributed by atoms with Crippen LogP contribution in [0.1, 0.15) is 36.4 Å². The fraction of sp³-hybridized carbons (Fsp3) is 0.667. The molecule has 0 spiro atoms. The van der Waals surface area contributed by atoms with E-state index in [1.807, 2.05) is 0 Å². The molecule has 0 amide bonds. The predicted octanol–water partition coefficient (Wildman–Crippen LogP) is 2.18. The first-order chi connectivity index (χ1) is 12.0. The predicted molar refractivity (Wildman–Crippen MR) is 101 cm³/mol. The van der Waals surface area contributed by atoms with Crippen molar-refractivity contribution in [3.05, 3.63) is 23.3 Å². The molecule has 0 N–H and O–H groups in total. The second-order valence-corrected chi connectivity index (χ2v) is 9.68. The number of rotatable bonds is 1. The lowest BCUT2D eigenvalue weighted by atomic mass is 9.77. The minimum Gasteiger partial charge on any atom is -0.454 e. The fourth-order valence-electron chi connectivity index (χ4n) is 5.21. The van der Waals surface area contributed by atoms with Gasteiger partial charge in [0.15, 0.2) is 11.5 Å². The van der Waals surface area contributed by atoms with Gasteiger partial charge in [0.05, 0.1) is 6.26 Å². The van der Waals surface area contributed by atoms with Crippen LogP contribution in [0.15, 0.2) is 12.1 Å². The molecule has 8 heteroatoms. The lowest BCUT2D eigenvalue weighted by Crippen LogP contribution is -2.57. The molecule has 0 unspecified atom stereocenters. The molecule has 6 nitrogen and oxygen atoms in total. The van der Waals surface area contributed by atoms with Crippen molar-refractivity contribution in [2.24, 2.45) is 5.92 Å². The molecule has 0 aromatic heterocycles. The number of ether oxygens (including phenoxy) is 2. The molecule has 3 atom stereocenters. The summed E-state index contributed by atoms with van der Waals surface area (Å²) in [5.74, 6) is 2.12. The van der Waals surface area contributed by atoms with Gasteiger partial charge in [-0.2, -0.15) is 4.31 Å². The van der Waals surface area contributed by atoms with Crippen molar-refractivity contribution in [1.29, 1.82) is 0 Å². The largest absolute Gasteiger partial charge is 0.454 e. The summed E-state index contributed by atoms with van der Waals surface area (Å²) in [6, 6.07) is 4.65. The van der Waals surface area contributed by atoms with Gasteiger partial charge < -0.3 is 9.47 Å². The zero-order valence-corrected chi connectivity index (χ0v) is 16.5. The summed E-state index contributed by atoms with van der Waals surface area (Å²) in [4.78, 5) is 2.55. The van der Waals surface area contributed by atoms with Crippen LogP contribution in [0, 0.1) is 5.92 Å². The summed E-state index contributed by atoms with van der Waals surface area (Å²) in [7, 11) is -3.15. The maximum Gasteiger partial charge on any atom is 0.231 e. The van der Waals surface area contributed by atoms with Gasteiger partial charge in [-0.25, -0.2) is 8.42 Å². The van der Waals surface area contributed by atoms with Crippen LogP contribution in [0.5, 0.6) is 11.5 Å². The molecular weight excluding hydrogens is 376 g/mol. The second kappa shape index (κ2) is 6.55. The maximum absolute atomic E-state index is 12.3. The monoisotopic (exact) mass is 400 g/mol. The normalized spacial score (nSPS) is 30.7. The van der Waals surface area contributed by atoms with Crippen LogP contribution in [-0.4, -0.2) is 56.3 Å². The number of benzene rings is 1. The summed E-state index contributed by atoms with van der Waals surface area (Å²) < 4.78 is 37.4. The molecule has 5 rings (SSSR count). The molecule has 1 aromatic carbocycles. The second-order valence-electron chi connectivity index (χ2n) is 7.74. The Labute approximate surface area is 160 Å². The number of hydrogen-bond acceptors (Lipinski definition) is 5. The molecule has 4 aliphatic rings. The average Bonchev–Trinajstić information content (AvgIpc) is 3.04. The van der Waals surface area contributed by atoms with E-state index < -0.39 is 10.0 Å². The van der Waals surface area contributed by atoms with Gasteiger partial charge in [-0.3, -0.25) is 4.90 Å². The van der Waals surface area contributed by atoms with Crippen LogP contribution in [0.2, 0.25) is 0 Å². The molecule has 2 saturated heterocycles. The highest BCUT2D eigenvalue weighted by Crippen LogP contribution is 2.46. The third-order valence-corrected chi connectivity index (χ3v) is 7.64. The number of sulfonamides is 1. The number of fused-ring (bicyclic) bond motifs is 5. The van der Waals surface area contributed by atoms with Gasteiger partial charge in [-0.15, -0.1) is 12.4 Å². The van der Waals surface area contributed by atoms with Gasteiger partial charge in [0, 0.05) is 31.7 Å². The highest BCUT2D eigenvalue weighted by molar-refractivity contribution is 7.88. The molecule has 0 saturated carbocycles. The molecule has 2 fully saturated rings. The van der Waals surface area contributed by atoms with Gasteiger partial charge >= 0.3 is 0 Å². The van der Waals surface area contributed by atoms with Crippen LogP contribution in [0.4, 0.5) is 0 Å². The smallest absolute Gasteiger partial charge is 0.231 e. The van der Waals surface area contributed by atoms with E-state index in [0.29, 0.717) is 19.3 Å². The van der Waals surface area contributed by atoms with Gasteiger partial charge in [-0.1, -0.05) is 0 Å². The summed E-state index contributed by atoms with van der Waals surface area (Å²) in [5, 5.41) is 0. The molecule has 0 bridgehead atoms. The first-order valence-corrected chi connectivity index (χ1v) is 11.0. The molecule has 4 heterocycles. The summed E-state index contributed by atoms with van der Waals surface area (Å²) in [6.45, 7) is 2.99. The number of halogens is 1. The molecule has 1 aromatic rings. The standard InChI is InChI=1S/C18H24N2O4S.ClH/c1-25(21,22)20-5-2-3-13-10-19-6-4-12-7-17-18(24-11-23-17)8-14(12)16(19)9-15(13)20;/h7-8,13,15-16H,2-6,9-11H2,1H3;1H/t13-,15+,16+;/m1./s1. The molecule has 0 aliphatic carbocycles. The minimum atomic E-state index is -3.15. The van der Waals surface area contributed by atoms with Gasteiger partial charge in [0.25, 0.3) is 0 Å². The third kappa shape index (κ3) is 2.89. The Morgan fingerprint density at radius 2 is 1.92 bits per heavy atom. The Hall–Kier alpha value is -1.02. The van der Waals surface area contributed by atoms with Crippen LogP contribution in [0.3, 0.4) is 0 Å². The first kappa shape index (κ1) is 18.3. The Morgan fingerprint density at radius 3 is 2.69 bits per heavy atom. The van der Waals surface area contributed by atoms with Crippen molar-refractivity contribution in [3.63, 3.8) is 0 Å². The molecule has 144 valence electrons. The topological polar surface area (TPSA) is 59.1 Å². The maximum atomic E-state index is 12.3. The van der Waals surface area contributed by atoms with Crippen LogP contribution in [0.25, 0.3) is 0 Å². The SMILES string of the molecule is CS(=O)(=O)N1CCC[C@@H]2CN3CCc4cc5c(cc4[C@@H]3C[C@@H]21)OCO5.Cl. The van der Waals surface area contributed by atoms with Gasteiger partial charge in [-0.05, 0) is 54.9 Å². The van der Waals surface area contributed by atoms with Crippen molar-refractivity contribution >= 4 is 22.4 Å². The number of hydrogen-bond donors (Lipinski definition) is 0. The zero-order valence-electron chi connectivity index (χ0n) is 14.9. The number of nitrogens with zero attached hydrogens (tertiary/aromatic N) is 2. The Kier molecular flexibility index (Phi) is 4.62. The van der Waals surface area contributed by atoms with E-state index in [-0.39, 0.29) is 24.5 Å². The van der Waals surface area contributed by atoms with Crippen molar-refractivity contribution in [1.82, 2.24) is 9.21 Å². The Balaban J connectivity index is 0.00000168. The molecule has 4 aliphatic heterocycles.